The molecule has 0 aliphatic rings. The van der Waals surface area contributed by atoms with Gasteiger partial charge in [-0.1, -0.05) is 35.9 Å². The van der Waals surface area contributed by atoms with Gasteiger partial charge in [-0.2, -0.15) is 5.26 Å². The van der Waals surface area contributed by atoms with Gasteiger partial charge in [0.05, 0.1) is 17.7 Å². The summed E-state index contributed by atoms with van der Waals surface area (Å²) in [6, 6.07) is 18.2. The molecule has 1 N–H and O–H groups in total. The van der Waals surface area contributed by atoms with Gasteiger partial charge in [0.15, 0.2) is 11.5 Å². The average molecular weight is 478 g/mol. The monoisotopic (exact) mass is 477 g/mol. The van der Waals surface area contributed by atoms with Crippen molar-refractivity contribution in [2.45, 2.75) is 13.5 Å². The predicted molar refractivity (Wildman–Crippen MR) is 129 cm³/mol. The summed E-state index contributed by atoms with van der Waals surface area (Å²) in [5, 5.41) is 23.7. The van der Waals surface area contributed by atoms with Crippen molar-refractivity contribution in [2.75, 3.05) is 12.4 Å². The number of benzene rings is 3. The van der Waals surface area contributed by atoms with E-state index in [1.165, 1.54) is 31.4 Å². The first-order valence-corrected chi connectivity index (χ1v) is 10.4. The summed E-state index contributed by atoms with van der Waals surface area (Å²) in [6.45, 7) is 1.97. The molecule has 0 aromatic heterocycles. The summed E-state index contributed by atoms with van der Waals surface area (Å²) < 4.78 is 11.2. The number of nitrogens with zero attached hydrogens (tertiary/aromatic N) is 2. The molecule has 0 spiro atoms. The van der Waals surface area contributed by atoms with E-state index in [0.717, 1.165) is 5.56 Å². The molecule has 0 fully saturated rings. The highest BCUT2D eigenvalue weighted by atomic mass is 35.5. The first-order valence-electron chi connectivity index (χ1n) is 10.0. The summed E-state index contributed by atoms with van der Waals surface area (Å²) >= 11 is 6.00. The fraction of sp³-hybridized carbons (Fsp3) is 0.120. The molecule has 0 saturated heterocycles. The zero-order valence-corrected chi connectivity index (χ0v) is 19.1. The van der Waals surface area contributed by atoms with E-state index in [1.807, 2.05) is 18.2 Å². The molecule has 172 valence electrons. The lowest BCUT2D eigenvalue weighted by Crippen LogP contribution is -2.14. The van der Waals surface area contributed by atoms with Crippen LogP contribution in [0.2, 0.25) is 5.02 Å². The summed E-state index contributed by atoms with van der Waals surface area (Å²) in [7, 11) is 1.48. The van der Waals surface area contributed by atoms with Crippen LogP contribution in [0.4, 0.5) is 11.4 Å². The number of methoxy groups -OCH3 is 1. The van der Waals surface area contributed by atoms with Gasteiger partial charge in [-0.05, 0) is 54.0 Å². The Morgan fingerprint density at radius 3 is 2.65 bits per heavy atom. The number of hydrogen-bond donors (Lipinski definition) is 1. The number of amides is 1. The Balaban J connectivity index is 1.79. The number of nitriles is 1. The fourth-order valence-corrected chi connectivity index (χ4v) is 3.26. The van der Waals surface area contributed by atoms with Crippen LogP contribution in [0.25, 0.3) is 6.08 Å². The van der Waals surface area contributed by atoms with Gasteiger partial charge in [0, 0.05) is 17.2 Å². The molecule has 9 heteroatoms. The van der Waals surface area contributed by atoms with Crippen LogP contribution in [-0.2, 0) is 11.4 Å². The van der Waals surface area contributed by atoms with Crippen LogP contribution < -0.4 is 14.8 Å². The standard InChI is InChI=1S/C25H20ClN3O5/c1-16-6-8-21(29(31)32)13-22(16)28-25(30)19(14-27)10-17-7-9-23(24(12-17)33-2)34-15-18-4-3-5-20(26)11-18/h3-13H,15H2,1-2H3,(H,28,30)/b19-10+. The Hall–Kier alpha value is -4.35. The smallest absolute Gasteiger partial charge is 0.271 e. The molecule has 0 heterocycles. The largest absolute Gasteiger partial charge is 0.493 e. The van der Waals surface area contributed by atoms with Crippen LogP contribution in [0.5, 0.6) is 11.5 Å². The number of anilines is 1. The number of rotatable bonds is 8. The molecule has 3 rings (SSSR count). The maximum Gasteiger partial charge on any atom is 0.271 e. The molecule has 8 nitrogen and oxygen atoms in total. The second-order valence-electron chi connectivity index (χ2n) is 7.21. The van der Waals surface area contributed by atoms with Gasteiger partial charge in [0.25, 0.3) is 11.6 Å². The van der Waals surface area contributed by atoms with Crippen LogP contribution in [0.15, 0.2) is 66.2 Å². The summed E-state index contributed by atoms with van der Waals surface area (Å²) in [5.41, 5.74) is 1.96. The maximum absolute atomic E-state index is 12.7. The minimum absolute atomic E-state index is 0.165. The molecule has 34 heavy (non-hydrogen) atoms. The first kappa shape index (κ1) is 24.3. The van der Waals surface area contributed by atoms with Crippen LogP contribution in [0, 0.1) is 28.4 Å². The topological polar surface area (TPSA) is 114 Å². The third kappa shape index (κ3) is 6.12. The van der Waals surface area contributed by atoms with Crippen LogP contribution in [-0.4, -0.2) is 17.9 Å². The minimum atomic E-state index is -0.689. The number of ether oxygens (including phenoxy) is 2. The van der Waals surface area contributed by atoms with Gasteiger partial charge in [0.1, 0.15) is 18.2 Å². The third-order valence-corrected chi connectivity index (χ3v) is 5.06. The minimum Gasteiger partial charge on any atom is -0.493 e. The predicted octanol–water partition coefficient (Wildman–Crippen LogP) is 5.69. The summed E-state index contributed by atoms with van der Waals surface area (Å²) in [4.78, 5) is 23.1. The number of halogens is 1. The van der Waals surface area contributed by atoms with Gasteiger partial charge in [-0.3, -0.25) is 14.9 Å². The summed E-state index contributed by atoms with van der Waals surface area (Å²) in [5.74, 6) is 0.212. The number of nitro groups is 1. The van der Waals surface area contributed by atoms with Gasteiger partial charge in [-0.25, -0.2) is 0 Å². The maximum atomic E-state index is 12.7. The van der Waals surface area contributed by atoms with E-state index in [0.29, 0.717) is 27.6 Å². The van der Waals surface area contributed by atoms with Crippen molar-refractivity contribution < 1.29 is 19.2 Å². The Morgan fingerprint density at radius 2 is 1.97 bits per heavy atom. The third-order valence-electron chi connectivity index (χ3n) is 4.83. The van der Waals surface area contributed by atoms with Gasteiger partial charge in [-0.15, -0.1) is 0 Å². The first-order chi connectivity index (χ1) is 16.3. The molecule has 1 amide bonds. The van der Waals surface area contributed by atoms with E-state index in [-0.39, 0.29) is 23.6 Å². The van der Waals surface area contributed by atoms with Crippen molar-refractivity contribution >= 4 is 35.0 Å². The zero-order chi connectivity index (χ0) is 24.7. The van der Waals surface area contributed by atoms with Crippen molar-refractivity contribution in [3.8, 4) is 17.6 Å². The molecule has 0 atom stereocenters. The van der Waals surface area contributed by atoms with Crippen molar-refractivity contribution in [3.63, 3.8) is 0 Å². The molecular weight excluding hydrogens is 458 g/mol. The van der Waals surface area contributed by atoms with E-state index in [2.05, 4.69) is 5.32 Å². The Labute approximate surface area is 201 Å². The summed E-state index contributed by atoms with van der Waals surface area (Å²) in [6.07, 6.45) is 1.39. The molecule has 0 radical (unpaired) electrons. The molecule has 0 aliphatic carbocycles. The van der Waals surface area contributed by atoms with E-state index >= 15 is 0 Å². The molecule has 0 aliphatic heterocycles. The lowest BCUT2D eigenvalue weighted by Gasteiger charge is -2.12. The molecule has 0 saturated carbocycles. The highest BCUT2D eigenvalue weighted by Gasteiger charge is 2.15. The lowest BCUT2D eigenvalue weighted by molar-refractivity contribution is -0.384. The van der Waals surface area contributed by atoms with Gasteiger partial charge in [0.2, 0.25) is 0 Å². The van der Waals surface area contributed by atoms with Crippen molar-refractivity contribution in [1.29, 1.82) is 5.26 Å². The molecule has 0 bridgehead atoms. The molecular formula is C25H20ClN3O5. The van der Waals surface area contributed by atoms with Crippen molar-refractivity contribution in [1.82, 2.24) is 0 Å². The zero-order valence-electron chi connectivity index (χ0n) is 18.4. The second-order valence-corrected chi connectivity index (χ2v) is 7.65. The lowest BCUT2D eigenvalue weighted by atomic mass is 10.1. The Morgan fingerprint density at radius 1 is 1.18 bits per heavy atom. The molecule has 3 aromatic rings. The van der Waals surface area contributed by atoms with E-state index in [1.54, 1.807) is 37.3 Å². The van der Waals surface area contributed by atoms with Crippen molar-refractivity contribution in [3.05, 3.63) is 98.1 Å². The highest BCUT2D eigenvalue weighted by molar-refractivity contribution is 6.30. The number of hydrogen-bond acceptors (Lipinski definition) is 6. The number of nitrogens with one attached hydrogen (secondary N) is 1. The van der Waals surface area contributed by atoms with E-state index in [9.17, 15) is 20.2 Å². The van der Waals surface area contributed by atoms with Gasteiger partial charge < -0.3 is 14.8 Å². The Kier molecular flexibility index (Phi) is 7.85. The number of non-ortho nitro benzene ring substituents is 1. The number of aryl methyl sites for hydroxylation is 1. The van der Waals surface area contributed by atoms with Crippen LogP contribution >= 0.6 is 11.6 Å². The molecule has 0 unspecified atom stereocenters. The van der Waals surface area contributed by atoms with Crippen LogP contribution in [0.1, 0.15) is 16.7 Å². The highest BCUT2D eigenvalue weighted by Crippen LogP contribution is 2.30. The number of nitro benzene ring substituents is 1. The second kappa shape index (κ2) is 11.0. The van der Waals surface area contributed by atoms with Crippen molar-refractivity contribution in [2.24, 2.45) is 0 Å². The quantitative estimate of drug-likeness (QED) is 0.193. The van der Waals surface area contributed by atoms with Gasteiger partial charge >= 0.3 is 0 Å². The average Bonchev–Trinajstić information content (AvgIpc) is 2.82. The molecule has 3 aromatic carbocycles. The fourth-order valence-electron chi connectivity index (χ4n) is 3.04. The SMILES string of the molecule is COc1cc(/C=C(\C#N)C(=O)Nc2cc([N+](=O)[O-])ccc2C)ccc1OCc1cccc(Cl)c1. The van der Waals surface area contributed by atoms with E-state index < -0.39 is 10.8 Å². The normalized spacial score (nSPS) is 10.8. The number of carbonyl (C=O) groups excluding carboxylic acids is 1. The van der Waals surface area contributed by atoms with Crippen LogP contribution in [0.3, 0.4) is 0 Å². The number of carbonyl (C=O) groups is 1. The van der Waals surface area contributed by atoms with E-state index in [4.69, 9.17) is 21.1 Å². The Bertz CT molecular complexity index is 1310.